The van der Waals surface area contributed by atoms with E-state index in [9.17, 15) is 14.7 Å². The van der Waals surface area contributed by atoms with Gasteiger partial charge in [-0.1, -0.05) is 43.2 Å². The first-order valence-corrected chi connectivity index (χ1v) is 8.88. The SMILES string of the molecule is O=C(O)CCCCCC1(O)CCN(C(=O)OCc2ccccc2)CC1. The number of piperidine rings is 1. The first kappa shape index (κ1) is 19.2. The summed E-state index contributed by atoms with van der Waals surface area (Å²) in [6.45, 7) is 1.22. The van der Waals surface area contributed by atoms with Crippen molar-refractivity contribution in [3.8, 4) is 0 Å². The maximum absolute atomic E-state index is 12.1. The minimum absolute atomic E-state index is 0.180. The van der Waals surface area contributed by atoms with E-state index in [1.54, 1.807) is 4.90 Å². The second-order valence-electron chi connectivity index (χ2n) is 6.71. The summed E-state index contributed by atoms with van der Waals surface area (Å²) < 4.78 is 5.32. The summed E-state index contributed by atoms with van der Waals surface area (Å²) in [5.41, 5.74) is 0.199. The summed E-state index contributed by atoms with van der Waals surface area (Å²) in [5, 5.41) is 19.2. The molecule has 2 rings (SSSR count). The fourth-order valence-electron chi connectivity index (χ4n) is 3.07. The van der Waals surface area contributed by atoms with Crippen molar-refractivity contribution < 1.29 is 24.5 Å². The number of ether oxygens (including phenoxy) is 1. The molecule has 0 aromatic heterocycles. The van der Waals surface area contributed by atoms with Crippen LogP contribution < -0.4 is 0 Å². The summed E-state index contributed by atoms with van der Waals surface area (Å²) in [6.07, 6.45) is 3.81. The summed E-state index contributed by atoms with van der Waals surface area (Å²) in [7, 11) is 0. The molecule has 1 amide bonds. The smallest absolute Gasteiger partial charge is 0.410 e. The Bertz CT molecular complexity index is 552. The molecule has 0 saturated carbocycles. The number of rotatable bonds is 8. The van der Waals surface area contributed by atoms with E-state index in [1.165, 1.54) is 0 Å². The Hall–Kier alpha value is -2.08. The minimum atomic E-state index is -0.777. The molecular weight excluding hydrogens is 322 g/mol. The van der Waals surface area contributed by atoms with E-state index in [0.29, 0.717) is 38.8 Å². The maximum atomic E-state index is 12.1. The van der Waals surface area contributed by atoms with Crippen LogP contribution in [0.15, 0.2) is 30.3 Å². The van der Waals surface area contributed by atoms with E-state index in [1.807, 2.05) is 30.3 Å². The Morgan fingerprint density at radius 1 is 1.08 bits per heavy atom. The molecule has 0 bridgehead atoms. The van der Waals surface area contributed by atoms with Crippen molar-refractivity contribution in [1.29, 1.82) is 0 Å². The second-order valence-corrected chi connectivity index (χ2v) is 6.71. The van der Waals surface area contributed by atoms with E-state index in [4.69, 9.17) is 9.84 Å². The number of carboxylic acids is 1. The number of hydrogen-bond acceptors (Lipinski definition) is 4. The van der Waals surface area contributed by atoms with E-state index >= 15 is 0 Å². The van der Waals surface area contributed by atoms with Crippen molar-refractivity contribution in [2.45, 2.75) is 57.2 Å². The number of amides is 1. The summed E-state index contributed by atoms with van der Waals surface area (Å²) in [4.78, 5) is 24.2. The number of aliphatic hydroxyl groups is 1. The number of unbranched alkanes of at least 4 members (excludes halogenated alkanes) is 2. The fraction of sp³-hybridized carbons (Fsp3) is 0.579. The number of carboxylic acid groups (broad SMARTS) is 1. The number of aliphatic carboxylic acids is 1. The van der Waals surface area contributed by atoms with E-state index in [2.05, 4.69) is 0 Å². The molecule has 1 aliphatic rings. The van der Waals surface area contributed by atoms with Gasteiger partial charge >= 0.3 is 12.1 Å². The molecule has 0 radical (unpaired) electrons. The second kappa shape index (κ2) is 9.42. The highest BCUT2D eigenvalue weighted by molar-refractivity contribution is 5.67. The topological polar surface area (TPSA) is 87.1 Å². The molecule has 6 heteroatoms. The van der Waals surface area contributed by atoms with Gasteiger partial charge in [0.15, 0.2) is 0 Å². The van der Waals surface area contributed by atoms with Gasteiger partial charge in [-0.3, -0.25) is 4.79 Å². The lowest BCUT2D eigenvalue weighted by Gasteiger charge is -2.37. The van der Waals surface area contributed by atoms with E-state index in [-0.39, 0.29) is 19.1 Å². The molecule has 1 aromatic carbocycles. The van der Waals surface area contributed by atoms with Gasteiger partial charge in [0.2, 0.25) is 0 Å². The lowest BCUT2D eigenvalue weighted by molar-refractivity contribution is -0.137. The predicted octanol–water partition coefficient (Wildman–Crippen LogP) is 3.19. The van der Waals surface area contributed by atoms with Gasteiger partial charge in [0.1, 0.15) is 6.61 Å². The van der Waals surface area contributed by atoms with Crippen molar-refractivity contribution in [3.05, 3.63) is 35.9 Å². The van der Waals surface area contributed by atoms with Crippen LogP contribution in [0.3, 0.4) is 0 Å². The number of carbonyl (C=O) groups is 2. The number of nitrogens with zero attached hydrogens (tertiary/aromatic N) is 1. The number of carbonyl (C=O) groups excluding carboxylic acids is 1. The Balaban J connectivity index is 1.65. The molecule has 1 saturated heterocycles. The zero-order chi connectivity index (χ0) is 18.1. The van der Waals surface area contributed by atoms with Crippen LogP contribution in [0.25, 0.3) is 0 Å². The van der Waals surface area contributed by atoms with Gasteiger partial charge in [-0.05, 0) is 31.2 Å². The van der Waals surface area contributed by atoms with Gasteiger partial charge in [-0.15, -0.1) is 0 Å². The van der Waals surface area contributed by atoms with Crippen LogP contribution in [0.4, 0.5) is 4.79 Å². The third-order valence-electron chi connectivity index (χ3n) is 4.69. The minimum Gasteiger partial charge on any atom is -0.481 e. The molecule has 1 aromatic rings. The quantitative estimate of drug-likeness (QED) is 0.704. The summed E-state index contributed by atoms with van der Waals surface area (Å²) in [6, 6.07) is 9.54. The van der Waals surface area contributed by atoms with Gasteiger partial charge in [0, 0.05) is 19.5 Å². The average Bonchev–Trinajstić information content (AvgIpc) is 2.60. The molecule has 0 atom stereocenters. The zero-order valence-electron chi connectivity index (χ0n) is 14.5. The van der Waals surface area contributed by atoms with Crippen molar-refractivity contribution in [2.75, 3.05) is 13.1 Å². The lowest BCUT2D eigenvalue weighted by Crippen LogP contribution is -2.46. The largest absolute Gasteiger partial charge is 0.481 e. The van der Waals surface area contributed by atoms with Crippen molar-refractivity contribution in [2.24, 2.45) is 0 Å². The molecule has 2 N–H and O–H groups in total. The highest BCUT2D eigenvalue weighted by Crippen LogP contribution is 2.28. The molecule has 1 fully saturated rings. The third kappa shape index (κ3) is 6.74. The Morgan fingerprint density at radius 3 is 2.40 bits per heavy atom. The van der Waals surface area contributed by atoms with Crippen molar-refractivity contribution in [1.82, 2.24) is 4.90 Å². The molecule has 0 aliphatic carbocycles. The highest BCUT2D eigenvalue weighted by Gasteiger charge is 2.33. The molecule has 1 aliphatic heterocycles. The maximum Gasteiger partial charge on any atom is 0.410 e. The standard InChI is InChI=1S/C19H27NO5/c21-17(22)9-5-2-6-10-19(24)11-13-20(14-12-19)18(23)25-15-16-7-3-1-4-8-16/h1,3-4,7-8,24H,2,5-6,9-15H2,(H,21,22). The van der Waals surface area contributed by atoms with Crippen LogP contribution in [0.1, 0.15) is 50.5 Å². The Kier molecular flexibility index (Phi) is 7.25. The van der Waals surface area contributed by atoms with Crippen LogP contribution in [-0.4, -0.2) is 45.9 Å². The van der Waals surface area contributed by atoms with Crippen LogP contribution in [0, 0.1) is 0 Å². The van der Waals surface area contributed by atoms with Gasteiger partial charge in [0.25, 0.3) is 0 Å². The summed E-state index contributed by atoms with van der Waals surface area (Å²) >= 11 is 0. The molecule has 25 heavy (non-hydrogen) atoms. The first-order valence-electron chi connectivity index (χ1n) is 8.88. The molecule has 138 valence electrons. The van der Waals surface area contributed by atoms with Crippen LogP contribution in [-0.2, 0) is 16.1 Å². The third-order valence-corrected chi connectivity index (χ3v) is 4.69. The number of likely N-dealkylation sites (tertiary alicyclic amines) is 1. The predicted molar refractivity (Wildman–Crippen MR) is 93.1 cm³/mol. The monoisotopic (exact) mass is 349 g/mol. The molecule has 1 heterocycles. The Labute approximate surface area is 148 Å². The lowest BCUT2D eigenvalue weighted by atomic mass is 9.86. The molecule has 0 spiro atoms. The van der Waals surface area contributed by atoms with Crippen LogP contribution in [0.2, 0.25) is 0 Å². The zero-order valence-corrected chi connectivity index (χ0v) is 14.5. The van der Waals surface area contributed by atoms with Crippen molar-refractivity contribution >= 4 is 12.1 Å². The number of benzene rings is 1. The Morgan fingerprint density at radius 2 is 1.76 bits per heavy atom. The first-order chi connectivity index (χ1) is 12.0. The normalized spacial score (nSPS) is 16.4. The fourth-order valence-corrected chi connectivity index (χ4v) is 3.07. The highest BCUT2D eigenvalue weighted by atomic mass is 16.6. The van der Waals surface area contributed by atoms with Gasteiger partial charge < -0.3 is 19.8 Å². The van der Waals surface area contributed by atoms with Gasteiger partial charge in [0.05, 0.1) is 5.60 Å². The van der Waals surface area contributed by atoms with Gasteiger partial charge in [-0.2, -0.15) is 0 Å². The molecular formula is C19H27NO5. The summed E-state index contributed by atoms with van der Waals surface area (Å²) in [5.74, 6) is -0.777. The van der Waals surface area contributed by atoms with E-state index < -0.39 is 11.6 Å². The number of hydrogen-bond donors (Lipinski definition) is 2. The average molecular weight is 349 g/mol. The molecule has 6 nitrogen and oxygen atoms in total. The molecule has 0 unspecified atom stereocenters. The van der Waals surface area contributed by atoms with Gasteiger partial charge in [-0.25, -0.2) is 4.79 Å². The van der Waals surface area contributed by atoms with E-state index in [0.717, 1.165) is 18.4 Å². The van der Waals surface area contributed by atoms with Crippen LogP contribution in [0.5, 0.6) is 0 Å². The van der Waals surface area contributed by atoms with Crippen LogP contribution >= 0.6 is 0 Å². The van der Waals surface area contributed by atoms with Crippen molar-refractivity contribution in [3.63, 3.8) is 0 Å².